The average molecular weight is 248 g/mol. The molecule has 0 saturated heterocycles. The van der Waals surface area contributed by atoms with Crippen molar-refractivity contribution in [1.29, 1.82) is 0 Å². The largest absolute Gasteiger partial charge is 0.465 e. The van der Waals surface area contributed by atoms with Crippen molar-refractivity contribution in [2.75, 3.05) is 6.61 Å². The van der Waals surface area contributed by atoms with Crippen molar-refractivity contribution >= 4 is 11.8 Å². The molecule has 0 heterocycles. The number of Topliss-reactive ketones (excluding diaryl/α,β-unsaturated/α-hetero) is 1. The van der Waals surface area contributed by atoms with E-state index in [1.807, 2.05) is 0 Å². The van der Waals surface area contributed by atoms with Gasteiger partial charge in [-0.1, -0.05) is 17.9 Å². The number of hydrogen-bond donors (Lipinski definition) is 0. The number of halogens is 1. The van der Waals surface area contributed by atoms with Gasteiger partial charge in [0.15, 0.2) is 5.78 Å². The molecule has 0 saturated carbocycles. The maximum absolute atomic E-state index is 13.8. The fraction of sp³-hybridized carbons (Fsp3) is 0.286. The zero-order valence-electron chi connectivity index (χ0n) is 10.2. The van der Waals surface area contributed by atoms with Crippen LogP contribution in [0.5, 0.6) is 0 Å². The van der Waals surface area contributed by atoms with Gasteiger partial charge in [0.1, 0.15) is 12.2 Å². The number of carbonyl (C=O) groups is 2. The van der Waals surface area contributed by atoms with Crippen molar-refractivity contribution in [2.45, 2.75) is 20.3 Å². The van der Waals surface area contributed by atoms with Crippen LogP contribution in [0.3, 0.4) is 0 Å². The lowest BCUT2D eigenvalue weighted by molar-refractivity contribution is -0.141. The summed E-state index contributed by atoms with van der Waals surface area (Å²) < 4.78 is 18.4. The lowest BCUT2D eigenvalue weighted by atomic mass is 10.1. The van der Waals surface area contributed by atoms with Crippen LogP contribution in [0.2, 0.25) is 0 Å². The molecule has 0 fully saturated rings. The highest BCUT2D eigenvalue weighted by Crippen LogP contribution is 2.12. The molecular formula is C14H13FO3. The molecule has 0 amide bonds. The second-order valence-electron chi connectivity index (χ2n) is 3.51. The molecule has 0 N–H and O–H groups in total. The maximum atomic E-state index is 13.8. The lowest BCUT2D eigenvalue weighted by Gasteiger charge is -2.00. The molecule has 0 radical (unpaired) electrons. The van der Waals surface area contributed by atoms with Crippen LogP contribution >= 0.6 is 0 Å². The number of ketones is 1. The molecular weight excluding hydrogens is 235 g/mol. The number of ether oxygens (including phenoxy) is 1. The zero-order valence-corrected chi connectivity index (χ0v) is 10.2. The van der Waals surface area contributed by atoms with Crippen molar-refractivity contribution in [2.24, 2.45) is 0 Å². The van der Waals surface area contributed by atoms with E-state index in [0.29, 0.717) is 0 Å². The fourth-order valence-electron chi connectivity index (χ4n) is 1.32. The summed E-state index contributed by atoms with van der Waals surface area (Å²) in [5, 5.41) is 0. The van der Waals surface area contributed by atoms with Crippen molar-refractivity contribution in [3.05, 3.63) is 35.1 Å². The standard InChI is InChI=1S/C14H13FO3/c1-3-18-13(17)9-5-7-11-6-4-8-12(10(2)16)14(11)15/h4,6,8H,3,9H2,1-2H3. The van der Waals surface area contributed by atoms with E-state index < -0.39 is 11.8 Å². The monoisotopic (exact) mass is 248 g/mol. The van der Waals surface area contributed by atoms with Gasteiger partial charge < -0.3 is 4.74 Å². The molecule has 0 spiro atoms. The van der Waals surface area contributed by atoms with Gasteiger partial charge >= 0.3 is 5.97 Å². The number of rotatable bonds is 3. The molecule has 1 aromatic carbocycles. The van der Waals surface area contributed by atoms with E-state index in [0.717, 1.165) is 0 Å². The Hall–Kier alpha value is -2.15. The summed E-state index contributed by atoms with van der Waals surface area (Å²) in [6, 6.07) is 4.41. The van der Waals surface area contributed by atoms with Crippen molar-refractivity contribution in [3.8, 4) is 11.8 Å². The van der Waals surface area contributed by atoms with E-state index in [4.69, 9.17) is 0 Å². The lowest BCUT2D eigenvalue weighted by Crippen LogP contribution is -2.02. The van der Waals surface area contributed by atoms with E-state index in [1.165, 1.54) is 19.1 Å². The predicted octanol–water partition coefficient (Wildman–Crippen LogP) is 2.33. The van der Waals surface area contributed by atoms with Crippen molar-refractivity contribution in [3.63, 3.8) is 0 Å². The molecule has 4 heteroatoms. The van der Waals surface area contributed by atoms with Crippen molar-refractivity contribution < 1.29 is 18.7 Å². The summed E-state index contributed by atoms with van der Waals surface area (Å²) in [4.78, 5) is 22.1. The minimum absolute atomic E-state index is 0.00191. The summed E-state index contributed by atoms with van der Waals surface area (Å²) in [6.45, 7) is 3.27. The molecule has 0 aromatic heterocycles. The number of esters is 1. The topological polar surface area (TPSA) is 43.4 Å². The summed E-state index contributed by atoms with van der Waals surface area (Å²) in [6.07, 6.45) is -0.0996. The molecule has 1 rings (SSSR count). The highest BCUT2D eigenvalue weighted by Gasteiger charge is 2.09. The van der Waals surface area contributed by atoms with E-state index >= 15 is 0 Å². The van der Waals surface area contributed by atoms with Crippen LogP contribution < -0.4 is 0 Å². The Balaban J connectivity index is 2.86. The molecule has 18 heavy (non-hydrogen) atoms. The van der Waals surface area contributed by atoms with Gasteiger partial charge in [-0.05, 0) is 26.0 Å². The third-order valence-electron chi connectivity index (χ3n) is 2.14. The molecule has 0 bridgehead atoms. The average Bonchev–Trinajstić information content (AvgIpc) is 2.31. The van der Waals surface area contributed by atoms with E-state index in [9.17, 15) is 14.0 Å². The highest BCUT2D eigenvalue weighted by atomic mass is 19.1. The van der Waals surface area contributed by atoms with Crippen LogP contribution in [0.15, 0.2) is 18.2 Å². The number of carbonyl (C=O) groups excluding carboxylic acids is 2. The Kier molecular flexibility index (Phi) is 5.06. The molecule has 0 aliphatic rings. The van der Waals surface area contributed by atoms with Gasteiger partial charge in [0, 0.05) is 0 Å². The highest BCUT2D eigenvalue weighted by molar-refractivity contribution is 5.94. The zero-order chi connectivity index (χ0) is 13.5. The minimum Gasteiger partial charge on any atom is -0.465 e. The van der Waals surface area contributed by atoms with Crippen molar-refractivity contribution in [1.82, 2.24) is 0 Å². The third-order valence-corrected chi connectivity index (χ3v) is 2.14. The Morgan fingerprint density at radius 1 is 1.39 bits per heavy atom. The summed E-state index contributed by atoms with van der Waals surface area (Å²) in [5.74, 6) is 3.57. The maximum Gasteiger partial charge on any atom is 0.317 e. The Morgan fingerprint density at radius 2 is 2.11 bits per heavy atom. The SMILES string of the molecule is CCOC(=O)CC#Cc1cccc(C(C)=O)c1F. The van der Waals surface area contributed by atoms with Crippen LogP contribution in [0.25, 0.3) is 0 Å². The molecule has 94 valence electrons. The summed E-state index contributed by atoms with van der Waals surface area (Å²) >= 11 is 0. The van der Waals surface area contributed by atoms with Crippen LogP contribution in [0.1, 0.15) is 36.2 Å². The molecule has 3 nitrogen and oxygen atoms in total. The first-order valence-corrected chi connectivity index (χ1v) is 5.50. The van der Waals surface area contributed by atoms with Crippen LogP contribution in [-0.4, -0.2) is 18.4 Å². The summed E-state index contributed by atoms with van der Waals surface area (Å²) in [7, 11) is 0. The van der Waals surface area contributed by atoms with Gasteiger partial charge in [0.25, 0.3) is 0 Å². The fourth-order valence-corrected chi connectivity index (χ4v) is 1.32. The van der Waals surface area contributed by atoms with E-state index in [-0.39, 0.29) is 29.9 Å². The van der Waals surface area contributed by atoms with Gasteiger partial charge in [0.05, 0.1) is 17.7 Å². The van der Waals surface area contributed by atoms with Gasteiger partial charge in [0.2, 0.25) is 0 Å². The Morgan fingerprint density at radius 3 is 2.72 bits per heavy atom. The molecule has 0 unspecified atom stereocenters. The quantitative estimate of drug-likeness (QED) is 0.468. The second kappa shape index (κ2) is 6.55. The smallest absolute Gasteiger partial charge is 0.317 e. The van der Waals surface area contributed by atoms with Crippen LogP contribution in [0, 0.1) is 17.7 Å². The molecule has 0 aliphatic heterocycles. The van der Waals surface area contributed by atoms with Gasteiger partial charge in [-0.3, -0.25) is 9.59 Å². The Labute approximate surface area is 105 Å². The van der Waals surface area contributed by atoms with Crippen LogP contribution in [-0.2, 0) is 9.53 Å². The predicted molar refractivity (Wildman–Crippen MR) is 64.5 cm³/mol. The van der Waals surface area contributed by atoms with Crippen LogP contribution in [0.4, 0.5) is 4.39 Å². The minimum atomic E-state index is -0.652. The van der Waals surface area contributed by atoms with E-state index in [1.54, 1.807) is 13.0 Å². The first-order valence-electron chi connectivity index (χ1n) is 5.50. The molecule has 0 aliphatic carbocycles. The normalized spacial score (nSPS) is 9.28. The van der Waals surface area contributed by atoms with Gasteiger partial charge in [-0.15, -0.1) is 0 Å². The second-order valence-corrected chi connectivity index (χ2v) is 3.51. The van der Waals surface area contributed by atoms with E-state index in [2.05, 4.69) is 16.6 Å². The Bertz CT molecular complexity index is 524. The number of hydrogen-bond acceptors (Lipinski definition) is 3. The first kappa shape index (κ1) is 13.9. The first-order chi connectivity index (χ1) is 8.56. The van der Waals surface area contributed by atoms with Gasteiger partial charge in [-0.25, -0.2) is 4.39 Å². The molecule has 1 aromatic rings. The molecule has 0 atom stereocenters. The van der Waals surface area contributed by atoms with Gasteiger partial charge in [-0.2, -0.15) is 0 Å². The summed E-state index contributed by atoms with van der Waals surface area (Å²) in [5.41, 5.74) is 0.102. The third kappa shape index (κ3) is 3.70. The number of benzene rings is 1.